The maximum atomic E-state index is 9.08. The summed E-state index contributed by atoms with van der Waals surface area (Å²) < 4.78 is 28.0. The van der Waals surface area contributed by atoms with Crippen LogP contribution in [0, 0.1) is 0 Å². The van der Waals surface area contributed by atoms with E-state index in [-0.39, 0.29) is 1.43 Å². The van der Waals surface area contributed by atoms with Crippen LogP contribution in [0.1, 0.15) is 1.43 Å². The molecule has 0 aromatic heterocycles. The highest BCUT2D eigenvalue weighted by Crippen LogP contribution is 1.74. The standard InChI is InChI=1S/H2O5S/c1-5-6(2,3)4/h1H,(H,2,3,4)/p+1. The van der Waals surface area contributed by atoms with Crippen LogP contribution in [0.15, 0.2) is 0 Å². The number of hydrogen-bond acceptors (Lipinski definition) is 4. The van der Waals surface area contributed by atoms with Gasteiger partial charge in [0.2, 0.25) is 0 Å². The summed E-state index contributed by atoms with van der Waals surface area (Å²) in [6.45, 7) is 0. The van der Waals surface area contributed by atoms with E-state index in [1.807, 2.05) is 0 Å². The van der Waals surface area contributed by atoms with Gasteiger partial charge in [-0.2, -0.15) is 8.42 Å². The highest BCUT2D eigenvalue weighted by atomic mass is 32.3. The predicted octanol–water partition coefficient (Wildman–Crippen LogP) is -0.609. The summed E-state index contributed by atoms with van der Waals surface area (Å²) in [5.74, 6) is 0. The quantitative estimate of drug-likeness (QED) is 0.270. The highest BCUT2D eigenvalue weighted by Gasteiger charge is 1.97. The molecule has 0 aliphatic heterocycles. The lowest BCUT2D eigenvalue weighted by molar-refractivity contribution is -0.139. The van der Waals surface area contributed by atoms with Gasteiger partial charge >= 0.3 is 11.8 Å². The van der Waals surface area contributed by atoms with E-state index in [0.29, 0.717) is 0 Å². The van der Waals surface area contributed by atoms with Crippen LogP contribution in [0.3, 0.4) is 0 Å². The molecule has 0 amide bonds. The number of rotatable bonds is 1. The first-order valence-corrected chi connectivity index (χ1v) is 2.23. The molecule has 0 aliphatic carbocycles. The monoisotopic (exact) mass is 115 g/mol. The molecule has 0 radical (unpaired) electrons. The second-order valence-corrected chi connectivity index (χ2v) is 1.51. The summed E-state index contributed by atoms with van der Waals surface area (Å²) in [6.07, 6.45) is 0. The molecule has 0 aromatic rings. The van der Waals surface area contributed by atoms with E-state index >= 15 is 0 Å². The van der Waals surface area contributed by atoms with Gasteiger partial charge in [0, 0.05) is 0 Å². The van der Waals surface area contributed by atoms with Crippen molar-refractivity contribution in [2.45, 2.75) is 0 Å². The molecule has 0 saturated carbocycles. The molecule has 0 atom stereocenters. The molecule has 0 heterocycles. The topological polar surface area (TPSA) is 83.8 Å². The lowest BCUT2D eigenvalue weighted by Crippen LogP contribution is -1.97. The van der Waals surface area contributed by atoms with E-state index in [1.165, 1.54) is 0 Å². The summed E-state index contributed by atoms with van der Waals surface area (Å²) in [4.78, 5) is 0. The van der Waals surface area contributed by atoms with Crippen LogP contribution in [-0.4, -0.2) is 18.2 Å². The van der Waals surface area contributed by atoms with Crippen molar-refractivity contribution < 1.29 is 24.0 Å². The molecule has 0 saturated heterocycles. The average molecular weight is 115 g/mol. The van der Waals surface area contributed by atoms with E-state index in [9.17, 15) is 0 Å². The van der Waals surface area contributed by atoms with Crippen LogP contribution in [0.25, 0.3) is 0 Å². The van der Waals surface area contributed by atoms with Crippen molar-refractivity contribution in [2.24, 2.45) is 0 Å². The minimum absolute atomic E-state index is 0. The van der Waals surface area contributed by atoms with Crippen molar-refractivity contribution in [3.63, 3.8) is 0 Å². The van der Waals surface area contributed by atoms with E-state index in [4.69, 9.17) is 18.2 Å². The van der Waals surface area contributed by atoms with Crippen molar-refractivity contribution in [1.82, 2.24) is 0 Å². The second-order valence-electron chi connectivity index (χ2n) is 0.502. The van der Waals surface area contributed by atoms with Gasteiger partial charge in [0.1, 0.15) is 0 Å². The average Bonchev–Trinajstić information content (AvgIpc) is 1.35. The van der Waals surface area contributed by atoms with E-state index < -0.39 is 10.4 Å². The van der Waals surface area contributed by atoms with Crippen LogP contribution in [0.4, 0.5) is 0 Å². The van der Waals surface area contributed by atoms with Gasteiger partial charge in [0.15, 0.2) is 0 Å². The maximum absolute atomic E-state index is 9.08. The molecular formula is H3O5S+. The molecular weight excluding hydrogens is 112 g/mol. The molecule has 5 nitrogen and oxygen atoms in total. The van der Waals surface area contributed by atoms with Crippen molar-refractivity contribution in [2.75, 3.05) is 0 Å². The van der Waals surface area contributed by atoms with Gasteiger partial charge in [-0.05, 0) is 0 Å². The van der Waals surface area contributed by atoms with Crippen molar-refractivity contribution in [3.8, 4) is 0 Å². The fourth-order valence-electron chi connectivity index (χ4n) is 0. The van der Waals surface area contributed by atoms with E-state index in [0.717, 1.165) is 0 Å². The minimum atomic E-state index is -4.61. The second kappa shape index (κ2) is 1.52. The molecule has 6 heteroatoms. The molecule has 2 N–H and O–H groups in total. The Morgan fingerprint density at radius 2 is 1.83 bits per heavy atom. The Morgan fingerprint density at radius 3 is 1.83 bits per heavy atom. The Hall–Kier alpha value is -0.170. The third kappa shape index (κ3) is 3.83. The van der Waals surface area contributed by atoms with Gasteiger partial charge in [0.05, 0.1) is 0 Å². The van der Waals surface area contributed by atoms with Crippen LogP contribution in [-0.2, 0) is 14.7 Å². The van der Waals surface area contributed by atoms with E-state index in [2.05, 4.69) is 4.33 Å². The molecule has 38 valence electrons. The Morgan fingerprint density at radius 1 is 1.67 bits per heavy atom. The lowest BCUT2D eigenvalue weighted by Gasteiger charge is -1.79. The Kier molecular flexibility index (Phi) is 1.48. The molecule has 0 fully saturated rings. The van der Waals surface area contributed by atoms with Gasteiger partial charge in [-0.15, -0.1) is 0 Å². The predicted molar refractivity (Wildman–Crippen MR) is 16.4 cm³/mol. The maximum Gasteiger partial charge on any atom is 1.00 e. The largest absolute Gasteiger partial charge is 1.00 e. The fraction of sp³-hybridized carbons (Fsp3) is 0. The third-order valence-electron chi connectivity index (χ3n) is 0.0942. The van der Waals surface area contributed by atoms with Gasteiger partial charge in [-0.1, -0.05) is 4.33 Å². The van der Waals surface area contributed by atoms with Crippen molar-refractivity contribution >= 4 is 10.4 Å². The zero-order valence-corrected chi connectivity index (χ0v) is 3.34. The lowest BCUT2D eigenvalue weighted by atomic mass is 15.0. The first-order valence-electron chi connectivity index (χ1n) is 0.865. The third-order valence-corrected chi connectivity index (χ3v) is 0.283. The molecule has 0 rings (SSSR count). The minimum Gasteiger partial charge on any atom is -0.262 e. The Labute approximate surface area is 35.5 Å². The van der Waals surface area contributed by atoms with Gasteiger partial charge < -0.3 is 0 Å². The van der Waals surface area contributed by atoms with Crippen LogP contribution >= 0.6 is 0 Å². The van der Waals surface area contributed by atoms with Crippen LogP contribution in [0.2, 0.25) is 0 Å². The Balaban J connectivity index is 0. The summed E-state index contributed by atoms with van der Waals surface area (Å²) in [7, 11) is -4.61. The molecule has 0 unspecified atom stereocenters. The molecule has 0 bridgehead atoms. The zero-order chi connectivity index (χ0) is 5.21. The van der Waals surface area contributed by atoms with Gasteiger partial charge in [-0.3, -0.25) is 4.55 Å². The first kappa shape index (κ1) is 5.83. The molecule has 0 spiro atoms. The Bertz CT molecular complexity index is 110. The smallest absolute Gasteiger partial charge is 0.262 e. The van der Waals surface area contributed by atoms with E-state index in [1.54, 1.807) is 0 Å². The summed E-state index contributed by atoms with van der Waals surface area (Å²) in [5, 5.41) is 7.06. The fourth-order valence-corrected chi connectivity index (χ4v) is 0. The molecule has 6 heavy (non-hydrogen) atoms. The number of hydrogen-bond donors (Lipinski definition) is 2. The molecule has 0 aliphatic rings. The van der Waals surface area contributed by atoms with Gasteiger partial charge in [-0.25, -0.2) is 5.26 Å². The normalized spacial score (nSPS) is 11.7. The van der Waals surface area contributed by atoms with Gasteiger partial charge in [0.25, 0.3) is 0 Å². The zero-order valence-electron chi connectivity index (χ0n) is 3.53. The summed E-state index contributed by atoms with van der Waals surface area (Å²) in [5.41, 5.74) is 0. The SMILES string of the molecule is O=S(=O)(O)OO.[H+]. The van der Waals surface area contributed by atoms with Crippen LogP contribution < -0.4 is 0 Å². The van der Waals surface area contributed by atoms with Crippen molar-refractivity contribution in [3.05, 3.63) is 0 Å². The summed E-state index contributed by atoms with van der Waals surface area (Å²) >= 11 is 0. The summed E-state index contributed by atoms with van der Waals surface area (Å²) in [6, 6.07) is 0. The molecule has 0 aromatic carbocycles. The van der Waals surface area contributed by atoms with Crippen LogP contribution in [0.5, 0.6) is 0 Å². The highest BCUT2D eigenvalue weighted by molar-refractivity contribution is 7.80. The first-order chi connectivity index (χ1) is 2.56. The van der Waals surface area contributed by atoms with Crippen molar-refractivity contribution in [1.29, 1.82) is 0 Å².